The van der Waals surface area contributed by atoms with Gasteiger partial charge in [0.15, 0.2) is 5.82 Å². The van der Waals surface area contributed by atoms with Crippen molar-refractivity contribution in [1.82, 2.24) is 15.0 Å². The predicted octanol–water partition coefficient (Wildman–Crippen LogP) is 13.1. The Kier molecular flexibility index (Phi) is 6.39. The van der Waals surface area contributed by atoms with Gasteiger partial charge in [-0.25, -0.2) is 15.0 Å². The fraction of sp³-hybridized carbons (Fsp3) is 0. The minimum atomic E-state index is 0.687. The van der Waals surface area contributed by atoms with Crippen LogP contribution in [0.1, 0.15) is 0 Å². The van der Waals surface area contributed by atoms with Gasteiger partial charge in [-0.15, -0.1) is 11.3 Å². The summed E-state index contributed by atoms with van der Waals surface area (Å²) in [5, 5.41) is 7.83. The second-order valence-electron chi connectivity index (χ2n) is 13.1. The third-order valence-corrected chi connectivity index (χ3v) is 11.3. The van der Waals surface area contributed by atoms with Gasteiger partial charge in [0.1, 0.15) is 11.2 Å². The summed E-state index contributed by atoms with van der Waals surface area (Å²) in [4.78, 5) is 15.7. The van der Waals surface area contributed by atoms with Crippen molar-refractivity contribution in [2.45, 2.75) is 0 Å². The van der Waals surface area contributed by atoms with Gasteiger partial charge in [-0.3, -0.25) is 0 Å². The third-order valence-electron chi connectivity index (χ3n) is 10.1. The first kappa shape index (κ1) is 29.1. The minimum Gasteiger partial charge on any atom is -0.455 e. The maximum absolute atomic E-state index is 6.72. The van der Waals surface area contributed by atoms with Crippen LogP contribution in [-0.4, -0.2) is 15.0 Å². The van der Waals surface area contributed by atoms with Crippen LogP contribution in [0.25, 0.3) is 109 Å². The second-order valence-corrected chi connectivity index (χ2v) is 14.2. The fourth-order valence-corrected chi connectivity index (χ4v) is 8.87. The average Bonchev–Trinajstić information content (AvgIpc) is 3.79. The largest absolute Gasteiger partial charge is 0.455 e. The SMILES string of the molecule is c1ccc(-c2nc(-c3ccc4oc5c6ccccc6nc(-c6cccc7ccccc67)c5c4c3)cc(-c3cccc4c3sc3ccccc34)n2)cc1. The van der Waals surface area contributed by atoms with E-state index in [1.165, 1.54) is 25.6 Å². The van der Waals surface area contributed by atoms with Crippen LogP contribution in [0, 0.1) is 0 Å². The summed E-state index contributed by atoms with van der Waals surface area (Å²) in [5.41, 5.74) is 9.33. The highest BCUT2D eigenvalue weighted by Gasteiger charge is 2.21. The van der Waals surface area contributed by atoms with Crippen molar-refractivity contribution in [1.29, 1.82) is 0 Å². The van der Waals surface area contributed by atoms with Crippen molar-refractivity contribution in [3.8, 4) is 45.2 Å². The molecule has 7 aromatic carbocycles. The van der Waals surface area contributed by atoms with E-state index in [1.807, 2.05) is 41.7 Å². The minimum absolute atomic E-state index is 0.687. The smallest absolute Gasteiger partial charge is 0.160 e. The maximum Gasteiger partial charge on any atom is 0.160 e. The number of para-hydroxylation sites is 1. The molecule has 0 atom stereocenters. The Morgan fingerprint density at radius 3 is 2.10 bits per heavy atom. The molecule has 0 N–H and O–H groups in total. The van der Waals surface area contributed by atoms with Crippen LogP contribution in [0.4, 0.5) is 0 Å². The number of rotatable bonds is 4. The lowest BCUT2D eigenvalue weighted by Crippen LogP contribution is -1.96. The number of thiophene rings is 1. The Bertz CT molecular complexity index is 3190. The van der Waals surface area contributed by atoms with Crippen LogP contribution in [0.2, 0.25) is 0 Å². The van der Waals surface area contributed by atoms with Crippen LogP contribution in [0.15, 0.2) is 168 Å². The molecular weight excluding hydrogens is 655 g/mol. The molecule has 4 heterocycles. The van der Waals surface area contributed by atoms with Crippen molar-refractivity contribution in [2.75, 3.05) is 0 Å². The van der Waals surface area contributed by atoms with Crippen LogP contribution in [-0.2, 0) is 0 Å². The Labute approximate surface area is 302 Å². The highest BCUT2D eigenvalue weighted by atomic mass is 32.1. The molecule has 4 nitrogen and oxygen atoms in total. The van der Waals surface area contributed by atoms with E-state index in [1.54, 1.807) is 0 Å². The molecule has 0 aliphatic carbocycles. The zero-order chi connectivity index (χ0) is 34.2. The van der Waals surface area contributed by atoms with Gasteiger partial charge in [-0.2, -0.15) is 0 Å². The van der Waals surface area contributed by atoms with E-state index in [0.717, 1.165) is 77.6 Å². The first-order valence-electron chi connectivity index (χ1n) is 17.4. The van der Waals surface area contributed by atoms with Gasteiger partial charge < -0.3 is 4.42 Å². The van der Waals surface area contributed by atoms with Gasteiger partial charge in [0.05, 0.1) is 28.0 Å². The van der Waals surface area contributed by atoms with Gasteiger partial charge in [0.25, 0.3) is 0 Å². The van der Waals surface area contributed by atoms with Gasteiger partial charge in [0.2, 0.25) is 0 Å². The molecular formula is C47H27N3OS. The quantitative estimate of drug-likeness (QED) is 0.185. The average molecular weight is 682 g/mol. The van der Waals surface area contributed by atoms with Crippen molar-refractivity contribution in [3.63, 3.8) is 0 Å². The number of hydrogen-bond donors (Lipinski definition) is 0. The Balaban J connectivity index is 1.18. The molecule has 0 radical (unpaired) electrons. The maximum atomic E-state index is 6.72. The highest BCUT2D eigenvalue weighted by Crippen LogP contribution is 2.44. The zero-order valence-electron chi connectivity index (χ0n) is 27.7. The van der Waals surface area contributed by atoms with Gasteiger partial charge in [-0.05, 0) is 53.2 Å². The summed E-state index contributed by atoms with van der Waals surface area (Å²) in [6.45, 7) is 0. The molecule has 0 bridgehead atoms. The Hall–Kier alpha value is -6.69. The molecule has 5 heteroatoms. The van der Waals surface area contributed by atoms with E-state index in [4.69, 9.17) is 19.4 Å². The summed E-state index contributed by atoms with van der Waals surface area (Å²) in [6.07, 6.45) is 0. The van der Waals surface area contributed by atoms with Crippen LogP contribution >= 0.6 is 11.3 Å². The molecule has 4 aromatic heterocycles. The number of furan rings is 1. The standard InChI is InChI=1S/C47H27N3OS/c1-2-13-29(14-3-1)47-49-39(27-40(50-47)36-21-11-20-34-32-17-7-9-23-42(32)52-46(34)36)30-24-25-41-37(26-30)43-44(33-19-10-15-28-12-4-5-16-31(28)33)48-38-22-8-6-18-35(38)45(43)51-41/h1-27H. The summed E-state index contributed by atoms with van der Waals surface area (Å²) < 4.78 is 9.21. The normalized spacial score (nSPS) is 11.8. The fourth-order valence-electron chi connectivity index (χ4n) is 7.65. The molecule has 0 aliphatic rings. The molecule has 0 aliphatic heterocycles. The van der Waals surface area contributed by atoms with Crippen molar-refractivity contribution in [2.24, 2.45) is 0 Å². The monoisotopic (exact) mass is 681 g/mol. The summed E-state index contributed by atoms with van der Waals surface area (Å²) in [6, 6.07) is 57.1. The summed E-state index contributed by atoms with van der Waals surface area (Å²) in [7, 11) is 0. The number of nitrogens with zero attached hydrogens (tertiary/aromatic N) is 3. The van der Waals surface area contributed by atoms with E-state index >= 15 is 0 Å². The van der Waals surface area contributed by atoms with E-state index in [0.29, 0.717) is 5.82 Å². The Morgan fingerprint density at radius 1 is 0.462 bits per heavy atom. The third kappa shape index (κ3) is 4.50. The molecule has 0 amide bonds. The van der Waals surface area contributed by atoms with Gasteiger partial charge >= 0.3 is 0 Å². The molecule has 0 saturated carbocycles. The molecule has 242 valence electrons. The summed E-state index contributed by atoms with van der Waals surface area (Å²) in [5.74, 6) is 0.687. The number of fused-ring (bicyclic) bond motifs is 9. The van der Waals surface area contributed by atoms with Gasteiger partial charge in [0, 0.05) is 53.2 Å². The number of hydrogen-bond acceptors (Lipinski definition) is 5. The van der Waals surface area contributed by atoms with E-state index in [2.05, 4.69) is 133 Å². The van der Waals surface area contributed by atoms with Crippen LogP contribution in [0.3, 0.4) is 0 Å². The highest BCUT2D eigenvalue weighted by molar-refractivity contribution is 7.26. The number of benzene rings is 7. The first-order chi connectivity index (χ1) is 25.8. The van der Waals surface area contributed by atoms with Crippen LogP contribution < -0.4 is 0 Å². The Morgan fingerprint density at radius 2 is 1.17 bits per heavy atom. The molecule has 11 aromatic rings. The molecule has 0 spiro atoms. The van der Waals surface area contributed by atoms with E-state index < -0.39 is 0 Å². The zero-order valence-corrected chi connectivity index (χ0v) is 28.6. The number of pyridine rings is 1. The summed E-state index contributed by atoms with van der Waals surface area (Å²) >= 11 is 1.81. The second kappa shape index (κ2) is 11.4. The lowest BCUT2D eigenvalue weighted by Gasteiger charge is -2.11. The molecule has 0 unspecified atom stereocenters. The molecule has 0 saturated heterocycles. The first-order valence-corrected chi connectivity index (χ1v) is 18.2. The predicted molar refractivity (Wildman–Crippen MR) is 217 cm³/mol. The lowest BCUT2D eigenvalue weighted by molar-refractivity contribution is 0.672. The topological polar surface area (TPSA) is 51.8 Å². The van der Waals surface area contributed by atoms with Crippen molar-refractivity contribution >= 4 is 75.1 Å². The van der Waals surface area contributed by atoms with Gasteiger partial charge in [-0.1, -0.05) is 121 Å². The van der Waals surface area contributed by atoms with E-state index in [9.17, 15) is 0 Å². The van der Waals surface area contributed by atoms with Crippen molar-refractivity contribution < 1.29 is 4.42 Å². The van der Waals surface area contributed by atoms with E-state index in [-0.39, 0.29) is 0 Å². The molecule has 0 fully saturated rings. The van der Waals surface area contributed by atoms with Crippen molar-refractivity contribution in [3.05, 3.63) is 164 Å². The lowest BCUT2D eigenvalue weighted by atomic mass is 9.97. The van der Waals surface area contributed by atoms with Crippen LogP contribution in [0.5, 0.6) is 0 Å². The molecule has 11 rings (SSSR count). The number of aromatic nitrogens is 3. The molecule has 52 heavy (non-hydrogen) atoms.